The monoisotopic (exact) mass is 379 g/mol. The Hall–Kier alpha value is -3.06. The van der Waals surface area contributed by atoms with E-state index in [0.717, 1.165) is 29.7 Å². The number of carbonyl (C=O) groups excluding carboxylic acids is 1. The molecule has 3 aromatic rings. The van der Waals surface area contributed by atoms with Gasteiger partial charge in [-0.3, -0.25) is 10.1 Å². The molecular weight excluding hydrogens is 357 g/mol. The van der Waals surface area contributed by atoms with Crippen LogP contribution in [0, 0.1) is 12.7 Å². The second kappa shape index (κ2) is 7.16. The van der Waals surface area contributed by atoms with Crippen LogP contribution < -0.4 is 16.0 Å². The number of rotatable bonds is 5. The van der Waals surface area contributed by atoms with Gasteiger partial charge in [-0.25, -0.2) is 14.4 Å². The minimum atomic E-state index is -0.519. The van der Waals surface area contributed by atoms with Crippen molar-refractivity contribution >= 4 is 22.6 Å². The fourth-order valence-corrected chi connectivity index (χ4v) is 3.65. The van der Waals surface area contributed by atoms with Gasteiger partial charge in [0, 0.05) is 11.9 Å². The summed E-state index contributed by atoms with van der Waals surface area (Å²) in [6.45, 7) is 4.79. The minimum absolute atomic E-state index is 0.0619. The highest BCUT2D eigenvalue weighted by molar-refractivity contribution is 6.07. The largest absolute Gasteiger partial charge is 0.366 e. The highest BCUT2D eigenvalue weighted by Crippen LogP contribution is 2.35. The van der Waals surface area contributed by atoms with Crippen LogP contribution in [0.3, 0.4) is 0 Å². The molecule has 2 aromatic carbocycles. The Morgan fingerprint density at radius 2 is 1.96 bits per heavy atom. The number of benzene rings is 2. The van der Waals surface area contributed by atoms with Gasteiger partial charge in [0.05, 0.1) is 23.3 Å². The third kappa shape index (κ3) is 3.18. The molecule has 1 amide bonds. The van der Waals surface area contributed by atoms with Crippen LogP contribution in [0.1, 0.15) is 41.1 Å². The zero-order valence-electron chi connectivity index (χ0n) is 15.8. The van der Waals surface area contributed by atoms with E-state index >= 15 is 0 Å². The summed E-state index contributed by atoms with van der Waals surface area (Å²) in [5.41, 5.74) is 7.46. The number of nitrogens with zero attached hydrogens (tertiary/aromatic N) is 3. The predicted octanol–water partition coefficient (Wildman–Crippen LogP) is 3.06. The van der Waals surface area contributed by atoms with Crippen LogP contribution in [0.25, 0.3) is 10.9 Å². The summed E-state index contributed by atoms with van der Waals surface area (Å²) >= 11 is 0. The van der Waals surface area contributed by atoms with Crippen molar-refractivity contribution < 1.29 is 9.18 Å². The van der Waals surface area contributed by atoms with Crippen LogP contribution in [0.2, 0.25) is 0 Å². The van der Waals surface area contributed by atoms with Crippen LogP contribution in [0.4, 0.5) is 10.2 Å². The number of amides is 1. The first-order chi connectivity index (χ1) is 13.5. The maximum absolute atomic E-state index is 13.4. The first kappa shape index (κ1) is 18.3. The number of aryl methyl sites for hydroxylation is 1. The summed E-state index contributed by atoms with van der Waals surface area (Å²) in [4.78, 5) is 23.3. The lowest BCUT2D eigenvalue weighted by Gasteiger charge is -2.43. The van der Waals surface area contributed by atoms with Crippen molar-refractivity contribution in [2.24, 2.45) is 5.73 Å². The molecule has 1 saturated heterocycles. The number of hydrogen-bond acceptors (Lipinski definition) is 5. The summed E-state index contributed by atoms with van der Waals surface area (Å²) in [6.07, 6.45) is 1.06. The molecule has 0 saturated carbocycles. The first-order valence-electron chi connectivity index (χ1n) is 9.30. The third-order valence-electron chi connectivity index (χ3n) is 5.23. The molecule has 1 unspecified atom stereocenters. The highest BCUT2D eigenvalue weighted by atomic mass is 19.1. The molecule has 2 heterocycles. The van der Waals surface area contributed by atoms with Crippen molar-refractivity contribution in [3.05, 3.63) is 65.2 Å². The molecule has 3 N–H and O–H groups in total. The van der Waals surface area contributed by atoms with Crippen molar-refractivity contribution in [1.29, 1.82) is 0 Å². The second-order valence-corrected chi connectivity index (χ2v) is 7.05. The molecule has 1 aliphatic heterocycles. The van der Waals surface area contributed by atoms with Crippen molar-refractivity contribution in [2.45, 2.75) is 32.5 Å². The number of primary amides is 1. The van der Waals surface area contributed by atoms with E-state index in [-0.39, 0.29) is 18.0 Å². The molecule has 0 bridgehead atoms. The maximum atomic E-state index is 13.4. The van der Waals surface area contributed by atoms with E-state index in [2.05, 4.69) is 22.1 Å². The average Bonchev–Trinajstić information content (AvgIpc) is 2.63. The number of nitrogens with two attached hydrogens (primary N) is 1. The van der Waals surface area contributed by atoms with E-state index in [9.17, 15) is 9.18 Å². The van der Waals surface area contributed by atoms with Gasteiger partial charge in [-0.2, -0.15) is 0 Å². The Labute approximate surface area is 162 Å². The van der Waals surface area contributed by atoms with Crippen LogP contribution in [-0.2, 0) is 0 Å². The lowest BCUT2D eigenvalue weighted by Crippen LogP contribution is -2.56. The van der Waals surface area contributed by atoms with E-state index in [1.165, 1.54) is 12.1 Å². The molecule has 2 atom stereocenters. The van der Waals surface area contributed by atoms with Gasteiger partial charge in [0.1, 0.15) is 17.5 Å². The SMILES string of the molecule is Cc1nc(N(C2CCN2)[C@@H](C)c2ccc(F)cc2)c2cccc(C(N)=O)c2n1. The lowest BCUT2D eigenvalue weighted by atomic mass is 10.0. The maximum Gasteiger partial charge on any atom is 0.250 e. The Balaban J connectivity index is 1.89. The summed E-state index contributed by atoms with van der Waals surface area (Å²) in [5, 5.41) is 4.20. The number of aromatic nitrogens is 2. The number of nitrogens with one attached hydrogen (secondary N) is 1. The van der Waals surface area contributed by atoms with E-state index in [0.29, 0.717) is 16.9 Å². The number of para-hydroxylation sites is 1. The average molecular weight is 379 g/mol. The van der Waals surface area contributed by atoms with Crippen LogP contribution in [0.15, 0.2) is 42.5 Å². The number of fused-ring (bicyclic) bond motifs is 1. The molecule has 0 spiro atoms. The van der Waals surface area contributed by atoms with E-state index in [4.69, 9.17) is 10.7 Å². The summed E-state index contributed by atoms with van der Waals surface area (Å²) in [5.74, 6) is 0.514. The zero-order chi connectivity index (χ0) is 19.8. The highest BCUT2D eigenvalue weighted by Gasteiger charge is 2.32. The van der Waals surface area contributed by atoms with Crippen LogP contribution in [0.5, 0.6) is 0 Å². The van der Waals surface area contributed by atoms with Crippen LogP contribution >= 0.6 is 0 Å². The van der Waals surface area contributed by atoms with E-state index in [1.54, 1.807) is 31.2 Å². The predicted molar refractivity (Wildman–Crippen MR) is 106 cm³/mol. The third-order valence-corrected chi connectivity index (χ3v) is 5.23. The normalized spacial score (nSPS) is 17.2. The number of carbonyl (C=O) groups is 1. The lowest BCUT2D eigenvalue weighted by molar-refractivity contribution is 0.100. The summed E-state index contributed by atoms with van der Waals surface area (Å²) in [7, 11) is 0. The van der Waals surface area contributed by atoms with Gasteiger partial charge in [-0.15, -0.1) is 0 Å². The molecular formula is C21H22FN5O. The summed E-state index contributed by atoms with van der Waals surface area (Å²) < 4.78 is 13.4. The number of halogens is 1. The smallest absolute Gasteiger partial charge is 0.250 e. The molecule has 0 radical (unpaired) electrons. The Bertz CT molecular complexity index is 1030. The van der Waals surface area contributed by atoms with E-state index in [1.807, 2.05) is 6.07 Å². The molecule has 144 valence electrons. The van der Waals surface area contributed by atoms with Crippen molar-refractivity contribution in [3.63, 3.8) is 0 Å². The first-order valence-corrected chi connectivity index (χ1v) is 9.30. The van der Waals surface area contributed by atoms with E-state index < -0.39 is 5.91 Å². The standard InChI is InChI=1S/C21H22FN5O/c1-12(14-6-8-15(22)9-7-14)27(18-10-11-24-18)21-17-5-3-4-16(20(23)28)19(17)25-13(2)26-21/h3-9,12,18,24H,10-11H2,1-2H3,(H2,23,28)/t12-,18?/m0/s1. The molecule has 1 aromatic heterocycles. The second-order valence-electron chi connectivity index (χ2n) is 7.05. The van der Waals surface area contributed by atoms with Crippen molar-refractivity contribution in [1.82, 2.24) is 15.3 Å². The fraction of sp³-hybridized carbons (Fsp3) is 0.286. The molecule has 4 rings (SSSR count). The van der Waals surface area contributed by atoms with Gasteiger partial charge in [0.15, 0.2) is 0 Å². The van der Waals surface area contributed by atoms with Gasteiger partial charge >= 0.3 is 0 Å². The Morgan fingerprint density at radius 1 is 1.25 bits per heavy atom. The van der Waals surface area contributed by atoms with Gasteiger partial charge in [0.25, 0.3) is 5.91 Å². The number of hydrogen-bond donors (Lipinski definition) is 2. The topological polar surface area (TPSA) is 84.1 Å². The molecule has 1 fully saturated rings. The molecule has 7 heteroatoms. The Kier molecular flexibility index (Phi) is 4.68. The zero-order valence-corrected chi connectivity index (χ0v) is 15.8. The van der Waals surface area contributed by atoms with Gasteiger partial charge in [-0.05, 0) is 50.1 Å². The fourth-order valence-electron chi connectivity index (χ4n) is 3.65. The van der Waals surface area contributed by atoms with Gasteiger partial charge in [0.2, 0.25) is 0 Å². The molecule has 28 heavy (non-hydrogen) atoms. The van der Waals surface area contributed by atoms with Gasteiger partial charge in [-0.1, -0.05) is 18.2 Å². The quantitative estimate of drug-likeness (QED) is 0.712. The molecule has 1 aliphatic rings. The molecule has 6 nitrogen and oxygen atoms in total. The van der Waals surface area contributed by atoms with Crippen molar-refractivity contribution in [2.75, 3.05) is 11.4 Å². The minimum Gasteiger partial charge on any atom is -0.366 e. The Morgan fingerprint density at radius 3 is 2.57 bits per heavy atom. The number of anilines is 1. The van der Waals surface area contributed by atoms with Crippen LogP contribution in [-0.4, -0.2) is 28.6 Å². The van der Waals surface area contributed by atoms with Crippen molar-refractivity contribution in [3.8, 4) is 0 Å². The summed E-state index contributed by atoms with van der Waals surface area (Å²) in [6, 6.07) is 11.8. The molecule has 0 aliphatic carbocycles. The van der Waals surface area contributed by atoms with Gasteiger partial charge < -0.3 is 10.6 Å².